The van der Waals surface area contributed by atoms with Crippen LogP contribution in [0, 0.1) is 5.92 Å². The Morgan fingerprint density at radius 3 is 2.61 bits per heavy atom. The molecule has 1 atom stereocenters. The molecule has 1 aliphatic carbocycles. The first-order chi connectivity index (χ1) is 8.61. The van der Waals surface area contributed by atoms with Crippen molar-refractivity contribution in [2.75, 3.05) is 18.0 Å². The molecule has 0 spiro atoms. The summed E-state index contributed by atoms with van der Waals surface area (Å²) in [6.45, 7) is 6.50. The molecule has 2 nitrogen and oxygen atoms in total. The van der Waals surface area contributed by atoms with Crippen molar-refractivity contribution >= 4 is 21.6 Å². The molecule has 0 unspecified atom stereocenters. The van der Waals surface area contributed by atoms with Crippen molar-refractivity contribution in [2.45, 2.75) is 39.2 Å². The Kier molecular flexibility index (Phi) is 4.68. The van der Waals surface area contributed by atoms with Crippen LogP contribution in [-0.2, 0) is 0 Å². The lowest BCUT2D eigenvalue weighted by atomic mass is 9.85. The summed E-state index contributed by atoms with van der Waals surface area (Å²) in [4.78, 5) is 2.47. The molecule has 0 radical (unpaired) electrons. The Labute approximate surface area is 119 Å². The van der Waals surface area contributed by atoms with Crippen LogP contribution in [0.4, 0.5) is 5.69 Å². The van der Waals surface area contributed by atoms with Gasteiger partial charge in [-0.15, -0.1) is 0 Å². The van der Waals surface area contributed by atoms with Gasteiger partial charge < -0.3 is 10.6 Å². The molecule has 100 valence electrons. The predicted octanol–water partition coefficient (Wildman–Crippen LogP) is 4.10. The van der Waals surface area contributed by atoms with Crippen LogP contribution in [0.5, 0.6) is 0 Å². The quantitative estimate of drug-likeness (QED) is 0.887. The highest BCUT2D eigenvalue weighted by Crippen LogP contribution is 2.33. The molecule has 0 bridgehead atoms. The SMILES string of the molecule is CCN(CC1CCC1)c1ccc([C@@H](C)N)cc1Br. The minimum Gasteiger partial charge on any atom is -0.371 e. The number of rotatable bonds is 5. The summed E-state index contributed by atoms with van der Waals surface area (Å²) in [7, 11) is 0. The first-order valence-electron chi connectivity index (χ1n) is 6.91. The highest BCUT2D eigenvalue weighted by atomic mass is 79.9. The summed E-state index contributed by atoms with van der Waals surface area (Å²) in [6, 6.07) is 6.60. The highest BCUT2D eigenvalue weighted by molar-refractivity contribution is 9.10. The van der Waals surface area contributed by atoms with E-state index in [0.717, 1.165) is 12.5 Å². The minimum atomic E-state index is 0.0945. The van der Waals surface area contributed by atoms with Gasteiger partial charge >= 0.3 is 0 Å². The standard InChI is InChI=1S/C15H23BrN2/c1-3-18(10-12-5-4-6-12)15-8-7-13(11(2)17)9-14(15)16/h7-9,11-12H,3-6,10,17H2,1-2H3/t11-/m1/s1. The van der Waals surface area contributed by atoms with E-state index in [-0.39, 0.29) is 6.04 Å². The predicted molar refractivity (Wildman–Crippen MR) is 82.0 cm³/mol. The molecule has 0 heterocycles. The number of anilines is 1. The van der Waals surface area contributed by atoms with Crippen molar-refractivity contribution in [1.29, 1.82) is 0 Å². The third-order valence-electron chi connectivity index (χ3n) is 3.92. The van der Waals surface area contributed by atoms with Crippen molar-refractivity contribution in [1.82, 2.24) is 0 Å². The number of halogens is 1. The third-order valence-corrected chi connectivity index (χ3v) is 4.56. The monoisotopic (exact) mass is 310 g/mol. The fourth-order valence-corrected chi connectivity index (χ4v) is 3.09. The average molecular weight is 311 g/mol. The van der Waals surface area contributed by atoms with E-state index < -0.39 is 0 Å². The van der Waals surface area contributed by atoms with Crippen LogP contribution in [0.3, 0.4) is 0 Å². The molecule has 0 aromatic heterocycles. The zero-order chi connectivity index (χ0) is 13.1. The molecule has 2 N–H and O–H groups in total. The Hall–Kier alpha value is -0.540. The van der Waals surface area contributed by atoms with Gasteiger partial charge in [0, 0.05) is 23.6 Å². The van der Waals surface area contributed by atoms with Crippen molar-refractivity contribution in [3.05, 3.63) is 28.2 Å². The smallest absolute Gasteiger partial charge is 0.0510 e. The second-order valence-corrected chi connectivity index (χ2v) is 6.19. The lowest BCUT2D eigenvalue weighted by Gasteiger charge is -2.33. The summed E-state index contributed by atoms with van der Waals surface area (Å²) in [5.41, 5.74) is 8.40. The van der Waals surface area contributed by atoms with E-state index >= 15 is 0 Å². The first kappa shape index (κ1) is 13.9. The summed E-state index contributed by atoms with van der Waals surface area (Å²) in [5.74, 6) is 0.893. The maximum atomic E-state index is 5.92. The van der Waals surface area contributed by atoms with E-state index in [0.29, 0.717) is 0 Å². The molecule has 18 heavy (non-hydrogen) atoms. The molecule has 2 rings (SSSR count). The summed E-state index contributed by atoms with van der Waals surface area (Å²) >= 11 is 3.69. The highest BCUT2D eigenvalue weighted by Gasteiger charge is 2.21. The topological polar surface area (TPSA) is 29.3 Å². The van der Waals surface area contributed by atoms with Gasteiger partial charge in [-0.3, -0.25) is 0 Å². The van der Waals surface area contributed by atoms with E-state index in [1.54, 1.807) is 0 Å². The van der Waals surface area contributed by atoms with Gasteiger partial charge in [-0.1, -0.05) is 12.5 Å². The van der Waals surface area contributed by atoms with Gasteiger partial charge in [0.1, 0.15) is 0 Å². The van der Waals surface area contributed by atoms with Crippen LogP contribution in [0.1, 0.15) is 44.7 Å². The lowest BCUT2D eigenvalue weighted by molar-refractivity contribution is 0.318. The number of nitrogens with zero attached hydrogens (tertiary/aromatic N) is 1. The molecule has 1 fully saturated rings. The summed E-state index contributed by atoms with van der Waals surface area (Å²) in [6.07, 6.45) is 4.20. The van der Waals surface area contributed by atoms with Crippen molar-refractivity contribution in [3.63, 3.8) is 0 Å². The van der Waals surface area contributed by atoms with Crippen LogP contribution in [-0.4, -0.2) is 13.1 Å². The van der Waals surface area contributed by atoms with Gasteiger partial charge in [0.15, 0.2) is 0 Å². The van der Waals surface area contributed by atoms with E-state index in [1.165, 1.54) is 41.5 Å². The molecule has 0 amide bonds. The average Bonchev–Trinajstić information content (AvgIpc) is 2.29. The summed E-state index contributed by atoms with van der Waals surface area (Å²) < 4.78 is 1.17. The van der Waals surface area contributed by atoms with Gasteiger partial charge in [-0.05, 0) is 66.2 Å². The normalized spacial score (nSPS) is 17.3. The number of nitrogens with two attached hydrogens (primary N) is 1. The minimum absolute atomic E-state index is 0.0945. The number of benzene rings is 1. The van der Waals surface area contributed by atoms with Crippen LogP contribution < -0.4 is 10.6 Å². The maximum absolute atomic E-state index is 5.92. The fraction of sp³-hybridized carbons (Fsp3) is 0.600. The molecule has 1 aromatic rings. The van der Waals surface area contributed by atoms with Crippen LogP contribution in [0.15, 0.2) is 22.7 Å². The zero-order valence-electron chi connectivity index (χ0n) is 11.3. The molecule has 1 aromatic carbocycles. The van der Waals surface area contributed by atoms with Gasteiger partial charge in [0.2, 0.25) is 0 Å². The molecule has 0 saturated heterocycles. The third kappa shape index (κ3) is 3.07. The van der Waals surface area contributed by atoms with Crippen molar-refractivity contribution < 1.29 is 0 Å². The lowest BCUT2D eigenvalue weighted by Crippen LogP contribution is -2.32. The molecule has 0 aliphatic heterocycles. The maximum Gasteiger partial charge on any atom is 0.0510 e. The summed E-state index contributed by atoms with van der Waals surface area (Å²) in [5, 5.41) is 0. The van der Waals surface area contributed by atoms with Crippen LogP contribution >= 0.6 is 15.9 Å². The molecule has 3 heteroatoms. The Bertz CT molecular complexity index is 399. The Morgan fingerprint density at radius 2 is 2.17 bits per heavy atom. The molecular formula is C15H23BrN2. The van der Waals surface area contributed by atoms with E-state index in [2.05, 4.69) is 46.0 Å². The van der Waals surface area contributed by atoms with Gasteiger partial charge in [-0.2, -0.15) is 0 Å². The van der Waals surface area contributed by atoms with Crippen LogP contribution in [0.2, 0.25) is 0 Å². The number of hydrogen-bond acceptors (Lipinski definition) is 2. The van der Waals surface area contributed by atoms with Crippen molar-refractivity contribution in [2.24, 2.45) is 11.7 Å². The van der Waals surface area contributed by atoms with Gasteiger partial charge in [0.25, 0.3) is 0 Å². The van der Waals surface area contributed by atoms with E-state index in [4.69, 9.17) is 5.73 Å². The van der Waals surface area contributed by atoms with Gasteiger partial charge in [0.05, 0.1) is 5.69 Å². The molecular weight excluding hydrogens is 288 g/mol. The zero-order valence-corrected chi connectivity index (χ0v) is 12.9. The largest absolute Gasteiger partial charge is 0.371 e. The van der Waals surface area contributed by atoms with Crippen molar-refractivity contribution in [3.8, 4) is 0 Å². The Balaban J connectivity index is 2.14. The second kappa shape index (κ2) is 6.07. The molecule has 1 aliphatic rings. The van der Waals surface area contributed by atoms with Crippen LogP contribution in [0.25, 0.3) is 0 Å². The van der Waals surface area contributed by atoms with E-state index in [1.807, 2.05) is 6.92 Å². The number of hydrogen-bond donors (Lipinski definition) is 1. The van der Waals surface area contributed by atoms with E-state index in [9.17, 15) is 0 Å². The van der Waals surface area contributed by atoms with Gasteiger partial charge in [-0.25, -0.2) is 0 Å². The fourth-order valence-electron chi connectivity index (χ4n) is 2.45. The molecule has 1 saturated carbocycles. The first-order valence-corrected chi connectivity index (χ1v) is 7.71. The second-order valence-electron chi connectivity index (χ2n) is 5.34. The Morgan fingerprint density at radius 1 is 1.44 bits per heavy atom.